The number of hydrogen-bond acceptors (Lipinski definition) is 3. The third-order valence-electron chi connectivity index (χ3n) is 0.946. The van der Waals surface area contributed by atoms with Gasteiger partial charge in [-0.1, -0.05) is 0 Å². The Morgan fingerprint density at radius 2 is 2.20 bits per heavy atom. The highest BCUT2D eigenvalue weighted by molar-refractivity contribution is 7.87. The van der Waals surface area contributed by atoms with Crippen LogP contribution in [0.2, 0.25) is 0 Å². The lowest BCUT2D eigenvalue weighted by atomic mass is 10.7. The highest BCUT2D eigenvalue weighted by Crippen LogP contribution is 2.05. The molecule has 0 aliphatic heterocycles. The summed E-state index contributed by atoms with van der Waals surface area (Å²) in [5.74, 6) is 0. The van der Waals surface area contributed by atoms with E-state index in [-0.39, 0.29) is 0 Å². The van der Waals surface area contributed by atoms with Crippen molar-refractivity contribution in [2.45, 2.75) is 4.90 Å². The molecule has 1 rings (SSSR count). The average molecular weight is 178 g/mol. The molecule has 1 aromatic heterocycles. The van der Waals surface area contributed by atoms with E-state index in [1.165, 1.54) is 18.5 Å². The van der Waals surface area contributed by atoms with Crippen LogP contribution in [0.3, 0.4) is 0 Å². The Kier molecular flexibility index (Phi) is 1.76. The molecule has 0 aromatic carbocycles. The van der Waals surface area contributed by atoms with Gasteiger partial charge in [-0.15, -0.1) is 12.6 Å². The minimum absolute atomic E-state index is 0.564. The molecule has 0 amide bonds. The molecule has 0 saturated heterocycles. The first-order chi connectivity index (χ1) is 4.50. The Morgan fingerprint density at radius 1 is 1.60 bits per heavy atom. The van der Waals surface area contributed by atoms with Crippen molar-refractivity contribution in [3.63, 3.8) is 0 Å². The van der Waals surface area contributed by atoms with Crippen LogP contribution in [0.5, 0.6) is 0 Å². The Morgan fingerprint density at radius 3 is 2.40 bits per heavy atom. The summed E-state index contributed by atoms with van der Waals surface area (Å²) in [6.45, 7) is 0. The maximum absolute atomic E-state index is 10.6. The lowest BCUT2D eigenvalue weighted by Crippen LogP contribution is -2.19. The molecular formula is C4H6N2O2S2. The maximum atomic E-state index is 10.6. The Labute approximate surface area is 64.2 Å². The van der Waals surface area contributed by atoms with Gasteiger partial charge in [-0.2, -0.15) is 8.42 Å². The van der Waals surface area contributed by atoms with Crippen LogP contribution in [-0.4, -0.2) is 12.4 Å². The van der Waals surface area contributed by atoms with Gasteiger partial charge in [-0.05, 0) is 6.07 Å². The molecular weight excluding hydrogens is 172 g/mol. The van der Waals surface area contributed by atoms with Crippen LogP contribution in [0.1, 0.15) is 0 Å². The van der Waals surface area contributed by atoms with Crippen molar-refractivity contribution in [3.8, 4) is 0 Å². The quantitative estimate of drug-likeness (QED) is 0.586. The first-order valence-electron chi connectivity index (χ1n) is 2.40. The van der Waals surface area contributed by atoms with Gasteiger partial charge in [0.2, 0.25) is 0 Å². The molecule has 4 nitrogen and oxygen atoms in total. The van der Waals surface area contributed by atoms with Crippen LogP contribution in [0.25, 0.3) is 0 Å². The normalized spacial score (nSPS) is 11.8. The summed E-state index contributed by atoms with van der Waals surface area (Å²) in [4.78, 5) is 0.564. The Bertz CT molecular complexity index is 327. The van der Waals surface area contributed by atoms with Gasteiger partial charge in [-0.3, -0.25) is 0 Å². The second kappa shape index (κ2) is 2.30. The van der Waals surface area contributed by atoms with E-state index in [1.807, 2.05) is 0 Å². The van der Waals surface area contributed by atoms with E-state index < -0.39 is 10.2 Å². The largest absolute Gasteiger partial charge is 0.302 e. The lowest BCUT2D eigenvalue weighted by molar-refractivity contribution is 0.589. The molecule has 0 bridgehead atoms. The van der Waals surface area contributed by atoms with Gasteiger partial charge in [0.05, 0.1) is 0 Å². The number of nitrogens with two attached hydrogens (primary N) is 1. The van der Waals surface area contributed by atoms with Crippen LogP contribution in [0, 0.1) is 0 Å². The van der Waals surface area contributed by atoms with Gasteiger partial charge in [0.1, 0.15) is 0 Å². The molecule has 10 heavy (non-hydrogen) atoms. The molecule has 56 valence electrons. The third kappa shape index (κ3) is 1.53. The summed E-state index contributed by atoms with van der Waals surface area (Å²) in [5, 5.41) is 4.77. The standard InChI is InChI=1S/C4H6N2O2S2/c5-10(7,8)6-2-1-4(9)3-6/h1-3,9H,(H2,5,7,8). The minimum Gasteiger partial charge on any atom is -0.240 e. The van der Waals surface area contributed by atoms with Crippen molar-refractivity contribution in [3.05, 3.63) is 18.5 Å². The van der Waals surface area contributed by atoms with Gasteiger partial charge in [0.25, 0.3) is 0 Å². The molecule has 1 aromatic rings. The van der Waals surface area contributed by atoms with E-state index in [0.29, 0.717) is 4.90 Å². The second-order valence-corrected chi connectivity index (χ2v) is 3.71. The van der Waals surface area contributed by atoms with E-state index >= 15 is 0 Å². The SMILES string of the molecule is NS(=O)(=O)n1ccc(S)c1. The monoisotopic (exact) mass is 178 g/mol. The van der Waals surface area contributed by atoms with Gasteiger partial charge in [0.15, 0.2) is 0 Å². The van der Waals surface area contributed by atoms with E-state index in [9.17, 15) is 8.42 Å². The molecule has 0 spiro atoms. The first-order valence-corrected chi connectivity index (χ1v) is 4.35. The van der Waals surface area contributed by atoms with Crippen LogP contribution in [0.15, 0.2) is 23.4 Å². The summed E-state index contributed by atoms with van der Waals surface area (Å²) in [6, 6.07) is 1.54. The van der Waals surface area contributed by atoms with Crippen molar-refractivity contribution in [1.82, 2.24) is 3.97 Å². The molecule has 0 radical (unpaired) electrons. The molecule has 0 fully saturated rings. The summed E-state index contributed by atoms with van der Waals surface area (Å²) in [7, 11) is -3.61. The van der Waals surface area contributed by atoms with Crippen molar-refractivity contribution in [1.29, 1.82) is 0 Å². The van der Waals surface area contributed by atoms with Gasteiger partial charge >= 0.3 is 10.2 Å². The molecule has 0 atom stereocenters. The summed E-state index contributed by atoms with van der Waals surface area (Å²) >= 11 is 3.90. The highest BCUT2D eigenvalue weighted by Gasteiger charge is 2.03. The van der Waals surface area contributed by atoms with Crippen molar-refractivity contribution >= 4 is 22.8 Å². The molecule has 6 heteroatoms. The number of thiol groups is 1. The average Bonchev–Trinajstić information content (AvgIpc) is 2.11. The number of aromatic nitrogens is 1. The van der Waals surface area contributed by atoms with Crippen molar-refractivity contribution < 1.29 is 8.42 Å². The number of nitrogens with zero attached hydrogens (tertiary/aromatic N) is 1. The second-order valence-electron chi connectivity index (χ2n) is 1.74. The molecule has 0 aliphatic carbocycles. The summed E-state index contributed by atoms with van der Waals surface area (Å²) in [6.07, 6.45) is 2.65. The fourth-order valence-corrected chi connectivity index (χ4v) is 1.28. The summed E-state index contributed by atoms with van der Waals surface area (Å²) in [5.41, 5.74) is 0. The van der Waals surface area contributed by atoms with Gasteiger partial charge < -0.3 is 0 Å². The number of hydrogen-bond donors (Lipinski definition) is 2. The van der Waals surface area contributed by atoms with E-state index in [4.69, 9.17) is 5.14 Å². The van der Waals surface area contributed by atoms with E-state index in [0.717, 1.165) is 3.97 Å². The van der Waals surface area contributed by atoms with E-state index in [2.05, 4.69) is 12.6 Å². The Balaban J connectivity index is 3.21. The molecule has 1 heterocycles. The summed E-state index contributed by atoms with van der Waals surface area (Å²) < 4.78 is 22.0. The Hall–Kier alpha value is -0.460. The lowest BCUT2D eigenvalue weighted by Gasteiger charge is -1.94. The topological polar surface area (TPSA) is 65.1 Å². The van der Waals surface area contributed by atoms with Crippen molar-refractivity contribution in [2.75, 3.05) is 0 Å². The fourth-order valence-electron chi connectivity index (χ4n) is 0.525. The van der Waals surface area contributed by atoms with Crippen LogP contribution < -0.4 is 5.14 Å². The first kappa shape index (κ1) is 7.64. The predicted octanol–water partition coefficient (Wildman–Crippen LogP) is -0.172. The predicted molar refractivity (Wildman–Crippen MR) is 40.2 cm³/mol. The van der Waals surface area contributed by atoms with Crippen LogP contribution >= 0.6 is 12.6 Å². The highest BCUT2D eigenvalue weighted by atomic mass is 32.2. The smallest absolute Gasteiger partial charge is 0.240 e. The zero-order valence-corrected chi connectivity index (χ0v) is 6.64. The zero-order chi connectivity index (χ0) is 7.78. The van der Waals surface area contributed by atoms with Crippen LogP contribution in [-0.2, 0) is 10.2 Å². The minimum atomic E-state index is -3.61. The molecule has 0 aliphatic rings. The van der Waals surface area contributed by atoms with Crippen LogP contribution in [0.4, 0.5) is 0 Å². The molecule has 0 saturated carbocycles. The van der Waals surface area contributed by atoms with Gasteiger partial charge in [-0.25, -0.2) is 9.11 Å². The maximum Gasteiger partial charge on any atom is 0.302 e. The van der Waals surface area contributed by atoms with E-state index in [1.54, 1.807) is 0 Å². The molecule has 2 N–H and O–H groups in total. The van der Waals surface area contributed by atoms with Crippen molar-refractivity contribution in [2.24, 2.45) is 5.14 Å². The molecule has 0 unspecified atom stereocenters. The fraction of sp³-hybridized carbons (Fsp3) is 0. The zero-order valence-electron chi connectivity index (χ0n) is 4.93. The van der Waals surface area contributed by atoms with Gasteiger partial charge in [0, 0.05) is 17.3 Å². The third-order valence-corrected chi connectivity index (χ3v) is 2.02. The number of rotatable bonds is 1.